The van der Waals surface area contributed by atoms with Crippen LogP contribution in [0.2, 0.25) is 0 Å². The van der Waals surface area contributed by atoms with Gasteiger partial charge in [-0.1, -0.05) is 24.3 Å². The zero-order chi connectivity index (χ0) is 33.9. The van der Waals surface area contributed by atoms with E-state index in [-0.39, 0.29) is 42.7 Å². The maximum absolute atomic E-state index is 14.1. The van der Waals surface area contributed by atoms with Gasteiger partial charge in [0.25, 0.3) is 5.91 Å². The van der Waals surface area contributed by atoms with E-state index in [9.17, 15) is 18.8 Å². The highest BCUT2D eigenvalue weighted by Crippen LogP contribution is 2.36. The molecule has 47 heavy (non-hydrogen) atoms. The van der Waals surface area contributed by atoms with Gasteiger partial charge in [-0.05, 0) is 84.8 Å². The molecule has 248 valence electrons. The van der Waals surface area contributed by atoms with Crippen molar-refractivity contribution in [1.82, 2.24) is 16.1 Å². The Labute approximate surface area is 284 Å². The summed E-state index contributed by atoms with van der Waals surface area (Å²) in [5.74, 6) is 0.00236. The topological polar surface area (TPSA) is 146 Å². The summed E-state index contributed by atoms with van der Waals surface area (Å²) in [4.78, 5) is 37.3. The molecule has 0 aliphatic carbocycles. The lowest BCUT2D eigenvalue weighted by molar-refractivity contribution is -0.139. The molecule has 14 heteroatoms. The van der Waals surface area contributed by atoms with Crippen molar-refractivity contribution in [3.63, 3.8) is 0 Å². The molecule has 0 saturated heterocycles. The van der Waals surface area contributed by atoms with E-state index < -0.39 is 23.9 Å². The predicted molar refractivity (Wildman–Crippen MR) is 179 cm³/mol. The van der Waals surface area contributed by atoms with Crippen molar-refractivity contribution in [3.05, 3.63) is 91.9 Å². The number of carbonyl (C=O) groups excluding carboxylic acids is 3. The number of ether oxygens (including phenoxy) is 5. The second kappa shape index (κ2) is 16.6. The third-order valence-electron chi connectivity index (χ3n) is 6.71. The Kier molecular flexibility index (Phi) is 12.4. The van der Waals surface area contributed by atoms with Crippen LogP contribution in [-0.4, -0.2) is 51.1 Å². The number of carbonyl (C=O) groups is 3. The fourth-order valence-corrected chi connectivity index (χ4v) is 5.37. The molecule has 1 aliphatic heterocycles. The van der Waals surface area contributed by atoms with Gasteiger partial charge in [0.05, 0.1) is 41.7 Å². The summed E-state index contributed by atoms with van der Waals surface area (Å²) in [6.45, 7) is 5.34. The van der Waals surface area contributed by atoms with Gasteiger partial charge in [-0.3, -0.25) is 4.79 Å². The number of hydrazone groups is 1. The van der Waals surface area contributed by atoms with Crippen LogP contribution in [0, 0.1) is 9.39 Å². The summed E-state index contributed by atoms with van der Waals surface area (Å²) >= 11 is 2.09. The van der Waals surface area contributed by atoms with E-state index in [1.807, 2.05) is 6.92 Å². The van der Waals surface area contributed by atoms with E-state index in [4.69, 9.17) is 23.7 Å². The molecule has 1 atom stereocenters. The van der Waals surface area contributed by atoms with Crippen molar-refractivity contribution < 1.29 is 42.5 Å². The molecule has 0 unspecified atom stereocenters. The fraction of sp³-hybridized carbons (Fsp3) is 0.273. The second-order valence-corrected chi connectivity index (χ2v) is 11.1. The third kappa shape index (κ3) is 9.12. The molecule has 3 aromatic carbocycles. The van der Waals surface area contributed by atoms with Crippen LogP contribution < -0.4 is 35.0 Å². The number of nitrogens with one attached hydrogen (secondary N) is 3. The van der Waals surface area contributed by atoms with Crippen LogP contribution in [0.4, 0.5) is 9.18 Å². The summed E-state index contributed by atoms with van der Waals surface area (Å²) in [5.41, 5.74) is 4.64. The van der Waals surface area contributed by atoms with Gasteiger partial charge in [-0.15, -0.1) is 0 Å². The molecule has 0 radical (unpaired) electrons. The van der Waals surface area contributed by atoms with Crippen LogP contribution in [-0.2, 0) is 20.9 Å². The smallest absolute Gasteiger partial charge is 0.338 e. The van der Waals surface area contributed by atoms with E-state index in [1.54, 1.807) is 62.4 Å². The molecule has 3 N–H and O–H groups in total. The molecule has 4 rings (SSSR count). The number of hydrogen-bond acceptors (Lipinski definition) is 9. The van der Waals surface area contributed by atoms with E-state index in [0.29, 0.717) is 44.1 Å². The van der Waals surface area contributed by atoms with Crippen molar-refractivity contribution in [1.29, 1.82) is 0 Å². The highest BCUT2D eigenvalue weighted by Gasteiger charge is 2.32. The Balaban J connectivity index is 1.39. The molecule has 0 aromatic heterocycles. The third-order valence-corrected chi connectivity index (χ3v) is 7.51. The Hall–Kier alpha value is -4.86. The van der Waals surface area contributed by atoms with Gasteiger partial charge < -0.3 is 34.3 Å². The van der Waals surface area contributed by atoms with E-state index in [1.165, 1.54) is 19.4 Å². The van der Waals surface area contributed by atoms with Crippen LogP contribution >= 0.6 is 22.6 Å². The van der Waals surface area contributed by atoms with Gasteiger partial charge in [0.2, 0.25) is 0 Å². The molecular formula is C33H34FIN4O8. The maximum atomic E-state index is 14.1. The standard InChI is InChI=1S/C33H34FIN4O8/c1-5-44-27-14-20(13-24(35)31(27)47-17-22-9-7-8-10-23(22)34)16-36-39-28(40)18-46-25-12-11-21(15-26(25)43-4)30-29(32(41)45-6-2)19(3)37-33(42)38-30/h7-16,30H,5-6,17-18H2,1-4H3,(H,39,40)(H2,37,38,42)/b36-16-/t30-/m0/s1. The molecule has 3 amide bonds. The minimum absolute atomic E-state index is 0.0275. The van der Waals surface area contributed by atoms with Gasteiger partial charge in [0.1, 0.15) is 12.4 Å². The molecule has 1 heterocycles. The number of hydrogen-bond donors (Lipinski definition) is 3. The lowest BCUT2D eigenvalue weighted by atomic mass is 9.95. The van der Waals surface area contributed by atoms with E-state index in [0.717, 1.165) is 0 Å². The molecule has 0 saturated carbocycles. The number of benzene rings is 3. The van der Waals surface area contributed by atoms with Gasteiger partial charge in [0.15, 0.2) is 29.6 Å². The predicted octanol–water partition coefficient (Wildman–Crippen LogP) is 5.14. The molecular weight excluding hydrogens is 726 g/mol. The average Bonchev–Trinajstić information content (AvgIpc) is 3.04. The summed E-state index contributed by atoms with van der Waals surface area (Å²) in [7, 11) is 1.43. The first-order chi connectivity index (χ1) is 22.6. The minimum atomic E-state index is -0.790. The number of methoxy groups -OCH3 is 1. The van der Waals surface area contributed by atoms with Crippen molar-refractivity contribution in [2.24, 2.45) is 5.10 Å². The molecule has 12 nitrogen and oxygen atoms in total. The number of nitrogens with zero attached hydrogens (tertiary/aromatic N) is 1. The van der Waals surface area contributed by atoms with Gasteiger partial charge in [0, 0.05) is 11.3 Å². The van der Waals surface area contributed by atoms with E-state index >= 15 is 0 Å². The fourth-order valence-electron chi connectivity index (χ4n) is 4.59. The van der Waals surface area contributed by atoms with Gasteiger partial charge in [-0.25, -0.2) is 19.4 Å². The van der Waals surface area contributed by atoms with Crippen LogP contribution in [0.3, 0.4) is 0 Å². The summed E-state index contributed by atoms with van der Waals surface area (Å²) in [6, 6.07) is 13.4. The van der Waals surface area contributed by atoms with Gasteiger partial charge in [-0.2, -0.15) is 5.10 Å². The monoisotopic (exact) mass is 760 g/mol. The quantitative estimate of drug-likeness (QED) is 0.0888. The zero-order valence-electron chi connectivity index (χ0n) is 26.1. The van der Waals surface area contributed by atoms with Crippen LogP contribution in [0.5, 0.6) is 23.0 Å². The summed E-state index contributed by atoms with van der Waals surface area (Å²) in [6.07, 6.45) is 1.45. The Bertz CT molecular complexity index is 1700. The number of rotatable bonds is 14. The largest absolute Gasteiger partial charge is 0.493 e. The summed E-state index contributed by atoms with van der Waals surface area (Å²) < 4.78 is 42.7. The molecule has 3 aromatic rings. The Morgan fingerprint density at radius 2 is 1.81 bits per heavy atom. The normalized spacial score (nSPS) is 14.3. The van der Waals surface area contributed by atoms with Crippen molar-refractivity contribution in [2.45, 2.75) is 33.4 Å². The Morgan fingerprint density at radius 1 is 1.02 bits per heavy atom. The molecule has 0 spiro atoms. The SMILES string of the molecule is CCOC(=O)C1=C(C)NC(=O)N[C@H]1c1ccc(OCC(=O)N/N=C\c2cc(I)c(OCc3ccccc3F)c(OCC)c2)c(OC)c1. The first-order valence-corrected chi connectivity index (χ1v) is 15.6. The number of amides is 3. The van der Waals surface area contributed by atoms with Gasteiger partial charge >= 0.3 is 12.0 Å². The maximum Gasteiger partial charge on any atom is 0.338 e. The first-order valence-electron chi connectivity index (χ1n) is 14.6. The lowest BCUT2D eigenvalue weighted by Gasteiger charge is -2.28. The highest BCUT2D eigenvalue weighted by molar-refractivity contribution is 14.1. The number of esters is 1. The zero-order valence-corrected chi connectivity index (χ0v) is 28.3. The van der Waals surface area contributed by atoms with Crippen molar-refractivity contribution in [3.8, 4) is 23.0 Å². The number of urea groups is 1. The van der Waals surface area contributed by atoms with Crippen molar-refractivity contribution in [2.75, 3.05) is 26.9 Å². The van der Waals surface area contributed by atoms with Crippen LogP contribution in [0.15, 0.2) is 71.0 Å². The summed E-state index contributed by atoms with van der Waals surface area (Å²) in [5, 5.41) is 9.34. The highest BCUT2D eigenvalue weighted by atomic mass is 127. The van der Waals surface area contributed by atoms with Crippen LogP contribution in [0.1, 0.15) is 43.5 Å². The van der Waals surface area contributed by atoms with E-state index in [2.05, 4.69) is 43.8 Å². The van der Waals surface area contributed by atoms with Crippen LogP contribution in [0.25, 0.3) is 0 Å². The number of allylic oxidation sites excluding steroid dienone is 1. The second-order valence-electron chi connectivity index (χ2n) is 9.93. The molecule has 0 bridgehead atoms. The van der Waals surface area contributed by atoms with Crippen molar-refractivity contribution >= 4 is 46.7 Å². The Morgan fingerprint density at radius 3 is 2.53 bits per heavy atom. The first kappa shape index (κ1) is 35.0. The lowest BCUT2D eigenvalue weighted by Crippen LogP contribution is -2.45. The molecule has 0 fully saturated rings. The number of halogens is 2. The molecule has 1 aliphatic rings. The average molecular weight is 761 g/mol. The minimum Gasteiger partial charge on any atom is -0.493 e.